The van der Waals surface area contributed by atoms with Gasteiger partial charge >= 0.3 is 24.8 Å². The maximum Gasteiger partial charge on any atom is 1.00 e. The van der Waals surface area contributed by atoms with Gasteiger partial charge in [-0.05, 0) is 84.6 Å². The maximum absolute atomic E-state index is 13.5. The molecular formula is C33H42LiN3O4S. The van der Waals surface area contributed by atoms with Crippen LogP contribution in [0.15, 0.2) is 60.9 Å². The van der Waals surface area contributed by atoms with E-state index >= 15 is 0 Å². The van der Waals surface area contributed by atoms with Crippen molar-refractivity contribution in [2.24, 2.45) is 5.92 Å². The predicted molar refractivity (Wildman–Crippen MR) is 165 cm³/mol. The third-order valence-corrected chi connectivity index (χ3v) is 8.56. The van der Waals surface area contributed by atoms with E-state index in [0.717, 1.165) is 40.2 Å². The van der Waals surface area contributed by atoms with Gasteiger partial charge in [0.2, 0.25) is 0 Å². The van der Waals surface area contributed by atoms with E-state index in [9.17, 15) is 14.7 Å². The molecule has 1 amide bonds. The fourth-order valence-electron chi connectivity index (χ4n) is 5.64. The number of nitrogens with zero attached hydrogens (tertiary/aromatic N) is 2. The molecule has 0 radical (unpaired) electrons. The quantitative estimate of drug-likeness (QED) is 0.219. The maximum atomic E-state index is 13.5. The van der Waals surface area contributed by atoms with Gasteiger partial charge in [0.25, 0.3) is 5.91 Å². The number of carbonyl (C=O) groups excluding carboxylic acids is 1. The molecule has 1 aliphatic carbocycles. The Morgan fingerprint density at radius 1 is 1.07 bits per heavy atom. The van der Waals surface area contributed by atoms with E-state index in [-0.39, 0.29) is 26.4 Å². The Balaban J connectivity index is 0.00000323. The number of carboxylic acids is 1. The van der Waals surface area contributed by atoms with Gasteiger partial charge in [0.05, 0.1) is 6.20 Å². The summed E-state index contributed by atoms with van der Waals surface area (Å²) in [5.41, 5.74) is 4.91. The topological polar surface area (TPSA) is 101 Å². The number of carbonyl (C=O) groups is 2. The number of benzene rings is 2. The zero-order valence-corrected chi connectivity index (χ0v) is 25.9. The van der Waals surface area contributed by atoms with Crippen molar-refractivity contribution in [3.05, 3.63) is 83.2 Å². The molecule has 0 aliphatic heterocycles. The molecule has 7 nitrogen and oxygen atoms in total. The molecule has 0 bridgehead atoms. The first-order valence-electron chi connectivity index (χ1n) is 14.6. The van der Waals surface area contributed by atoms with Crippen molar-refractivity contribution in [1.29, 1.82) is 0 Å². The normalized spacial score (nSPS) is 14.9. The SMILES string of the molecule is CSCCC(NC(=O)c1ccc(C(OCCCC2CCCCC2)c2ccnnc2)cc1-c1ccccc1C)C(=O)O.[H-].[Li+]. The van der Waals surface area contributed by atoms with Crippen molar-refractivity contribution in [3.63, 3.8) is 0 Å². The van der Waals surface area contributed by atoms with Gasteiger partial charge in [-0.3, -0.25) is 4.79 Å². The fourth-order valence-corrected chi connectivity index (χ4v) is 6.11. The average molecular weight is 584 g/mol. The van der Waals surface area contributed by atoms with Gasteiger partial charge in [0, 0.05) is 23.9 Å². The standard InChI is InChI=1S/C33H41N3O4S.Li.H/c1-23-9-6-7-13-27(23)29-21-25(14-15-28(29)32(37)36-30(33(38)39)17-20-41-2)31(26-16-18-34-35-22-26)40-19-8-12-24-10-4-3-5-11-24;;/h6-7,9,13-16,18,21-22,24,30-31H,3-5,8,10-12,17,19-20H2,1-2H3,(H,36,37)(H,38,39);;/q;+1;-1. The molecule has 1 saturated carbocycles. The van der Waals surface area contributed by atoms with Crippen molar-refractivity contribution in [3.8, 4) is 11.1 Å². The van der Waals surface area contributed by atoms with Gasteiger partial charge in [-0.1, -0.05) is 62.4 Å². The van der Waals surface area contributed by atoms with Gasteiger partial charge in [-0.25, -0.2) is 4.79 Å². The minimum Gasteiger partial charge on any atom is -1.00 e. The van der Waals surface area contributed by atoms with Crippen molar-refractivity contribution in [1.82, 2.24) is 15.5 Å². The van der Waals surface area contributed by atoms with E-state index in [1.54, 1.807) is 30.2 Å². The molecule has 1 aliphatic rings. The van der Waals surface area contributed by atoms with Crippen molar-refractivity contribution >= 4 is 23.6 Å². The molecule has 1 fully saturated rings. The second-order valence-electron chi connectivity index (χ2n) is 10.8. The summed E-state index contributed by atoms with van der Waals surface area (Å²) >= 11 is 1.55. The molecule has 9 heteroatoms. The largest absolute Gasteiger partial charge is 1.00 e. The number of carboxylic acid groups (broad SMARTS) is 1. The number of nitrogens with one attached hydrogen (secondary N) is 1. The number of hydrogen-bond acceptors (Lipinski definition) is 6. The zero-order chi connectivity index (χ0) is 29.0. The molecule has 0 saturated heterocycles. The zero-order valence-electron chi connectivity index (χ0n) is 26.1. The van der Waals surface area contributed by atoms with Gasteiger partial charge < -0.3 is 16.6 Å². The van der Waals surface area contributed by atoms with Crippen molar-refractivity contribution in [2.45, 2.75) is 70.4 Å². The van der Waals surface area contributed by atoms with Crippen LogP contribution in [0, 0.1) is 12.8 Å². The molecule has 2 atom stereocenters. The van der Waals surface area contributed by atoms with Crippen LogP contribution in [-0.2, 0) is 9.53 Å². The van der Waals surface area contributed by atoms with E-state index in [0.29, 0.717) is 24.3 Å². The first-order chi connectivity index (χ1) is 20.0. The molecular weight excluding hydrogens is 541 g/mol. The number of thioether (sulfide) groups is 1. The second-order valence-corrected chi connectivity index (χ2v) is 11.8. The second kappa shape index (κ2) is 17.5. The first kappa shape index (κ1) is 33.9. The third kappa shape index (κ3) is 9.44. The summed E-state index contributed by atoms with van der Waals surface area (Å²) in [5, 5.41) is 20.5. The molecule has 0 spiro atoms. The Morgan fingerprint density at radius 2 is 1.86 bits per heavy atom. The third-order valence-electron chi connectivity index (χ3n) is 7.92. The number of ether oxygens (including phenoxy) is 1. The Kier molecular flexibility index (Phi) is 14.1. The van der Waals surface area contributed by atoms with Gasteiger partial charge in [-0.15, -0.1) is 0 Å². The molecule has 3 aromatic rings. The molecule has 1 aromatic heterocycles. The first-order valence-corrected chi connectivity index (χ1v) is 16.0. The number of amides is 1. The molecule has 1 heterocycles. The summed E-state index contributed by atoms with van der Waals surface area (Å²) in [6.45, 7) is 2.63. The minimum absolute atomic E-state index is 0. The van der Waals surface area contributed by atoms with Crippen LogP contribution in [0.5, 0.6) is 0 Å². The van der Waals surface area contributed by atoms with Crippen LogP contribution in [0.1, 0.15) is 85.9 Å². The summed E-state index contributed by atoms with van der Waals surface area (Å²) in [6.07, 6.45) is 14.1. The van der Waals surface area contributed by atoms with E-state index < -0.39 is 17.9 Å². The summed E-state index contributed by atoms with van der Waals surface area (Å²) in [5.74, 6) is -0.00261. The number of aliphatic carboxylic acids is 1. The number of rotatable bonds is 14. The summed E-state index contributed by atoms with van der Waals surface area (Å²) < 4.78 is 6.52. The summed E-state index contributed by atoms with van der Waals surface area (Å²) in [6, 6.07) is 14.6. The van der Waals surface area contributed by atoms with Crippen LogP contribution in [0.4, 0.5) is 0 Å². The summed E-state index contributed by atoms with van der Waals surface area (Å²) in [4.78, 5) is 25.4. The Morgan fingerprint density at radius 3 is 2.55 bits per heavy atom. The van der Waals surface area contributed by atoms with Gasteiger partial charge in [0.1, 0.15) is 12.1 Å². The number of hydrogen-bond donors (Lipinski definition) is 2. The van der Waals surface area contributed by atoms with Crippen LogP contribution in [0.3, 0.4) is 0 Å². The Bertz CT molecular complexity index is 1290. The van der Waals surface area contributed by atoms with E-state index in [4.69, 9.17) is 4.74 Å². The molecule has 4 rings (SSSR count). The number of aromatic nitrogens is 2. The van der Waals surface area contributed by atoms with Crippen LogP contribution >= 0.6 is 11.8 Å². The van der Waals surface area contributed by atoms with Gasteiger partial charge in [-0.2, -0.15) is 22.0 Å². The predicted octanol–water partition coefficient (Wildman–Crippen LogP) is 3.97. The summed E-state index contributed by atoms with van der Waals surface area (Å²) in [7, 11) is 0. The van der Waals surface area contributed by atoms with Crippen LogP contribution in [0.2, 0.25) is 0 Å². The van der Waals surface area contributed by atoms with E-state index in [2.05, 4.69) is 15.5 Å². The van der Waals surface area contributed by atoms with Crippen LogP contribution < -0.4 is 24.2 Å². The van der Waals surface area contributed by atoms with Crippen molar-refractivity contribution < 1.29 is 39.7 Å². The average Bonchev–Trinajstić information content (AvgIpc) is 3.00. The van der Waals surface area contributed by atoms with E-state index in [1.807, 2.05) is 55.6 Å². The molecule has 2 N–H and O–H groups in total. The van der Waals surface area contributed by atoms with Crippen molar-refractivity contribution in [2.75, 3.05) is 18.6 Å². The van der Waals surface area contributed by atoms with Crippen LogP contribution in [0.25, 0.3) is 11.1 Å². The molecule has 2 aromatic carbocycles. The molecule has 220 valence electrons. The molecule has 42 heavy (non-hydrogen) atoms. The molecule has 2 unspecified atom stereocenters. The smallest absolute Gasteiger partial charge is 1.00 e. The number of aryl methyl sites for hydroxylation is 1. The monoisotopic (exact) mass is 583 g/mol. The Labute approximate surface area is 267 Å². The fraction of sp³-hybridized carbons (Fsp3) is 0.455. The Hall–Kier alpha value is -2.63. The minimum atomic E-state index is -1.03. The van der Waals surface area contributed by atoms with E-state index in [1.165, 1.54) is 38.5 Å². The van der Waals surface area contributed by atoms with Gasteiger partial charge in [0.15, 0.2) is 0 Å². The van der Waals surface area contributed by atoms with Crippen LogP contribution in [-0.4, -0.2) is 51.8 Å².